The Morgan fingerprint density at radius 3 is 2.63 bits per heavy atom. The van der Waals surface area contributed by atoms with E-state index < -0.39 is 4.92 Å². The molecule has 27 heavy (non-hydrogen) atoms. The Morgan fingerprint density at radius 2 is 1.96 bits per heavy atom. The Labute approximate surface area is 155 Å². The van der Waals surface area contributed by atoms with Crippen LogP contribution < -0.4 is 10.6 Å². The molecule has 0 aliphatic heterocycles. The molecule has 0 aliphatic carbocycles. The number of benzene rings is 2. The first-order chi connectivity index (χ1) is 13.0. The molecule has 9 heteroatoms. The number of aromatic nitrogens is 3. The molecule has 3 rings (SSSR count). The second kappa shape index (κ2) is 7.65. The highest BCUT2D eigenvalue weighted by Gasteiger charge is 2.20. The summed E-state index contributed by atoms with van der Waals surface area (Å²) in [7, 11) is 1.47. The molecule has 1 amide bonds. The predicted octanol–water partition coefficient (Wildman–Crippen LogP) is 2.71. The minimum Gasteiger partial charge on any atom is -0.371 e. The lowest BCUT2D eigenvalue weighted by atomic mass is 10.1. The first-order valence-electron chi connectivity index (χ1n) is 8.24. The summed E-state index contributed by atoms with van der Waals surface area (Å²) in [6.07, 6.45) is 1.76. The van der Waals surface area contributed by atoms with Crippen molar-refractivity contribution >= 4 is 17.3 Å². The SMILES string of the molecule is CNC(=O)c1ccc(NC(C)c2cn(-c3ccccc3)nn2)c([N+](=O)[O-])c1. The van der Waals surface area contributed by atoms with Crippen molar-refractivity contribution in [3.8, 4) is 5.69 Å². The van der Waals surface area contributed by atoms with Gasteiger partial charge < -0.3 is 10.6 Å². The number of nitrogens with zero attached hydrogens (tertiary/aromatic N) is 4. The summed E-state index contributed by atoms with van der Waals surface area (Å²) in [5.41, 5.74) is 1.83. The Kier molecular flexibility index (Phi) is 5.11. The van der Waals surface area contributed by atoms with E-state index in [1.54, 1.807) is 10.9 Å². The van der Waals surface area contributed by atoms with Crippen molar-refractivity contribution in [2.24, 2.45) is 0 Å². The molecule has 1 atom stereocenters. The molecule has 0 saturated heterocycles. The maximum absolute atomic E-state index is 11.7. The molecule has 1 aromatic heterocycles. The van der Waals surface area contributed by atoms with Crippen molar-refractivity contribution in [3.05, 3.63) is 76.1 Å². The summed E-state index contributed by atoms with van der Waals surface area (Å²) < 4.78 is 1.64. The maximum Gasteiger partial charge on any atom is 0.293 e. The van der Waals surface area contributed by atoms with E-state index in [1.807, 2.05) is 37.3 Å². The normalized spacial score (nSPS) is 11.6. The van der Waals surface area contributed by atoms with Crippen LogP contribution >= 0.6 is 0 Å². The van der Waals surface area contributed by atoms with Crippen molar-refractivity contribution in [3.63, 3.8) is 0 Å². The zero-order chi connectivity index (χ0) is 19.4. The van der Waals surface area contributed by atoms with E-state index in [1.165, 1.54) is 25.2 Å². The fourth-order valence-corrected chi connectivity index (χ4v) is 2.58. The van der Waals surface area contributed by atoms with Crippen LogP contribution in [0.3, 0.4) is 0 Å². The third-order valence-corrected chi connectivity index (χ3v) is 4.03. The minimum atomic E-state index is -0.525. The molecule has 0 bridgehead atoms. The summed E-state index contributed by atoms with van der Waals surface area (Å²) in [5, 5.41) is 25.1. The number of amides is 1. The highest BCUT2D eigenvalue weighted by Crippen LogP contribution is 2.29. The molecule has 3 aromatic rings. The lowest BCUT2D eigenvalue weighted by molar-refractivity contribution is -0.384. The first kappa shape index (κ1) is 18.1. The number of hydrogen-bond donors (Lipinski definition) is 2. The first-order valence-corrected chi connectivity index (χ1v) is 8.24. The number of rotatable bonds is 6. The van der Waals surface area contributed by atoms with E-state index in [0.717, 1.165) is 5.69 Å². The van der Waals surface area contributed by atoms with Gasteiger partial charge in [0.2, 0.25) is 0 Å². The van der Waals surface area contributed by atoms with E-state index in [-0.39, 0.29) is 23.2 Å². The van der Waals surface area contributed by atoms with Gasteiger partial charge in [0.25, 0.3) is 11.6 Å². The van der Waals surface area contributed by atoms with E-state index in [0.29, 0.717) is 11.4 Å². The summed E-state index contributed by atoms with van der Waals surface area (Å²) in [6, 6.07) is 13.5. The highest BCUT2D eigenvalue weighted by atomic mass is 16.6. The molecule has 0 radical (unpaired) electrons. The Morgan fingerprint density at radius 1 is 1.22 bits per heavy atom. The van der Waals surface area contributed by atoms with Crippen molar-refractivity contribution in [2.75, 3.05) is 12.4 Å². The fourth-order valence-electron chi connectivity index (χ4n) is 2.58. The largest absolute Gasteiger partial charge is 0.371 e. The van der Waals surface area contributed by atoms with Crippen LogP contribution in [-0.2, 0) is 0 Å². The number of nitrogens with one attached hydrogen (secondary N) is 2. The Balaban J connectivity index is 1.83. The molecule has 0 aliphatic rings. The van der Waals surface area contributed by atoms with Crippen molar-refractivity contribution < 1.29 is 9.72 Å². The maximum atomic E-state index is 11.7. The number of anilines is 1. The number of carbonyl (C=O) groups excluding carboxylic acids is 1. The molecule has 2 N–H and O–H groups in total. The number of nitro benzene ring substituents is 1. The topological polar surface area (TPSA) is 115 Å². The molecule has 138 valence electrons. The standard InChI is InChI=1S/C18H18N6O3/c1-12(16-11-23(22-21-16)14-6-4-3-5-7-14)20-15-9-8-13(18(25)19-2)10-17(15)24(26)27/h3-12,20H,1-2H3,(H,19,25). The van der Waals surface area contributed by atoms with Crippen LogP contribution in [0.5, 0.6) is 0 Å². The number of hydrogen-bond acceptors (Lipinski definition) is 6. The van der Waals surface area contributed by atoms with Gasteiger partial charge in [-0.15, -0.1) is 5.10 Å². The van der Waals surface area contributed by atoms with Crippen LogP contribution in [0.1, 0.15) is 29.0 Å². The van der Waals surface area contributed by atoms with E-state index in [2.05, 4.69) is 20.9 Å². The van der Waals surface area contributed by atoms with Gasteiger partial charge in [-0.25, -0.2) is 4.68 Å². The lowest BCUT2D eigenvalue weighted by Gasteiger charge is -2.13. The number of para-hydroxylation sites is 1. The van der Waals surface area contributed by atoms with Gasteiger partial charge in [-0.1, -0.05) is 23.4 Å². The van der Waals surface area contributed by atoms with Gasteiger partial charge in [-0.05, 0) is 31.2 Å². The van der Waals surface area contributed by atoms with Crippen LogP contribution in [0.2, 0.25) is 0 Å². The highest BCUT2D eigenvalue weighted by molar-refractivity contribution is 5.95. The van der Waals surface area contributed by atoms with Crippen LogP contribution in [0, 0.1) is 10.1 Å². The van der Waals surface area contributed by atoms with Crippen molar-refractivity contribution in [1.82, 2.24) is 20.3 Å². The molecule has 1 heterocycles. The quantitative estimate of drug-likeness (QED) is 0.512. The average Bonchev–Trinajstić information content (AvgIpc) is 3.18. The van der Waals surface area contributed by atoms with Crippen LogP contribution in [0.15, 0.2) is 54.7 Å². The van der Waals surface area contributed by atoms with Gasteiger partial charge in [-0.2, -0.15) is 0 Å². The van der Waals surface area contributed by atoms with Gasteiger partial charge in [0.15, 0.2) is 0 Å². The lowest BCUT2D eigenvalue weighted by Crippen LogP contribution is -2.18. The van der Waals surface area contributed by atoms with Gasteiger partial charge in [0.05, 0.1) is 22.8 Å². The van der Waals surface area contributed by atoms with Crippen LogP contribution in [0.4, 0.5) is 11.4 Å². The molecule has 0 saturated carbocycles. The third-order valence-electron chi connectivity index (χ3n) is 4.03. The fraction of sp³-hybridized carbons (Fsp3) is 0.167. The molecule has 9 nitrogen and oxygen atoms in total. The monoisotopic (exact) mass is 366 g/mol. The summed E-state index contributed by atoms with van der Waals surface area (Å²) in [5.74, 6) is -0.386. The second-order valence-electron chi connectivity index (χ2n) is 5.86. The Bertz CT molecular complexity index is 970. The second-order valence-corrected chi connectivity index (χ2v) is 5.86. The molecule has 0 spiro atoms. The van der Waals surface area contributed by atoms with Gasteiger partial charge in [0.1, 0.15) is 11.4 Å². The van der Waals surface area contributed by atoms with Gasteiger partial charge in [0, 0.05) is 18.7 Å². The average molecular weight is 366 g/mol. The van der Waals surface area contributed by atoms with Gasteiger partial charge in [-0.3, -0.25) is 14.9 Å². The molecule has 1 unspecified atom stereocenters. The Hall–Kier alpha value is -3.75. The van der Waals surface area contributed by atoms with Crippen LogP contribution in [-0.4, -0.2) is 32.9 Å². The zero-order valence-corrected chi connectivity index (χ0v) is 14.8. The molecular formula is C18H18N6O3. The van der Waals surface area contributed by atoms with Gasteiger partial charge >= 0.3 is 0 Å². The number of carbonyl (C=O) groups is 1. The van der Waals surface area contributed by atoms with Crippen LogP contribution in [0.25, 0.3) is 5.69 Å². The number of nitro groups is 1. The van der Waals surface area contributed by atoms with Crippen molar-refractivity contribution in [2.45, 2.75) is 13.0 Å². The summed E-state index contributed by atoms with van der Waals surface area (Å²) in [4.78, 5) is 22.6. The third kappa shape index (κ3) is 3.92. The molecule has 2 aromatic carbocycles. The molecular weight excluding hydrogens is 348 g/mol. The van der Waals surface area contributed by atoms with E-state index in [9.17, 15) is 14.9 Å². The zero-order valence-electron chi connectivity index (χ0n) is 14.8. The van der Waals surface area contributed by atoms with E-state index >= 15 is 0 Å². The summed E-state index contributed by atoms with van der Waals surface area (Å²) in [6.45, 7) is 1.83. The van der Waals surface area contributed by atoms with Crippen molar-refractivity contribution in [1.29, 1.82) is 0 Å². The summed E-state index contributed by atoms with van der Waals surface area (Å²) >= 11 is 0. The minimum absolute atomic E-state index is 0.182. The molecule has 0 fully saturated rings. The van der Waals surface area contributed by atoms with E-state index in [4.69, 9.17) is 0 Å². The smallest absolute Gasteiger partial charge is 0.293 e. The predicted molar refractivity (Wildman–Crippen MR) is 99.9 cm³/mol.